The van der Waals surface area contributed by atoms with Gasteiger partial charge in [-0.2, -0.15) is 0 Å². The van der Waals surface area contributed by atoms with E-state index in [2.05, 4.69) is 10.3 Å². The minimum Gasteiger partial charge on any atom is -0.491 e. The summed E-state index contributed by atoms with van der Waals surface area (Å²) in [5.74, 6) is -1.22. The Labute approximate surface area is 120 Å². The largest absolute Gasteiger partial charge is 0.491 e. The first-order valence-corrected chi connectivity index (χ1v) is 6.19. The van der Waals surface area contributed by atoms with Gasteiger partial charge in [0.05, 0.1) is 17.9 Å². The van der Waals surface area contributed by atoms with E-state index < -0.39 is 11.8 Å². The van der Waals surface area contributed by atoms with E-state index >= 15 is 0 Å². The molecule has 0 saturated carbocycles. The van der Waals surface area contributed by atoms with Crippen LogP contribution in [-0.2, 0) is 0 Å². The third-order valence-corrected chi connectivity index (χ3v) is 2.66. The van der Waals surface area contributed by atoms with Gasteiger partial charge in [0, 0.05) is 18.0 Å². The molecule has 0 radical (unpaired) electrons. The van der Waals surface area contributed by atoms with Crippen molar-refractivity contribution in [1.29, 1.82) is 0 Å². The summed E-state index contributed by atoms with van der Waals surface area (Å²) in [7, 11) is 0. The van der Waals surface area contributed by atoms with Gasteiger partial charge in [0.25, 0.3) is 0 Å². The molecular weight excluding hydrogens is 277 g/mol. The fourth-order valence-corrected chi connectivity index (χ4v) is 1.69. The van der Waals surface area contributed by atoms with Gasteiger partial charge in [0.15, 0.2) is 17.4 Å². The number of carboxylic acids is 1. The molecule has 0 aliphatic heterocycles. The summed E-state index contributed by atoms with van der Waals surface area (Å²) in [6.07, 6.45) is 1.17. The highest BCUT2D eigenvalue weighted by Gasteiger charge is 2.09. The first-order valence-electron chi connectivity index (χ1n) is 6.19. The minimum atomic E-state index is -1.12. The lowest BCUT2D eigenvalue weighted by atomic mass is 10.2. The van der Waals surface area contributed by atoms with E-state index in [1.807, 2.05) is 0 Å². The van der Waals surface area contributed by atoms with Gasteiger partial charge in [-0.1, -0.05) is 0 Å². The molecule has 1 aromatic carbocycles. The molecule has 1 aromatic heterocycles. The van der Waals surface area contributed by atoms with Gasteiger partial charge in [-0.25, -0.2) is 14.2 Å². The molecule has 0 saturated heterocycles. The number of anilines is 3. The van der Waals surface area contributed by atoms with Crippen LogP contribution < -0.4 is 15.8 Å². The first kappa shape index (κ1) is 14.6. The molecule has 0 spiro atoms. The molecule has 2 aromatic rings. The van der Waals surface area contributed by atoms with Gasteiger partial charge >= 0.3 is 5.97 Å². The topological polar surface area (TPSA) is 97.5 Å². The van der Waals surface area contributed by atoms with Gasteiger partial charge in [-0.05, 0) is 25.1 Å². The molecule has 0 unspecified atom stereocenters. The first-order chi connectivity index (χ1) is 10.0. The van der Waals surface area contributed by atoms with E-state index in [0.717, 1.165) is 0 Å². The number of carbonyl (C=O) groups is 1. The molecule has 0 atom stereocenters. The van der Waals surface area contributed by atoms with Crippen LogP contribution in [0.3, 0.4) is 0 Å². The van der Waals surface area contributed by atoms with E-state index in [9.17, 15) is 9.18 Å². The zero-order chi connectivity index (χ0) is 15.4. The van der Waals surface area contributed by atoms with Crippen LogP contribution in [0.15, 0.2) is 30.5 Å². The number of aromatic nitrogens is 1. The monoisotopic (exact) mass is 291 g/mol. The summed E-state index contributed by atoms with van der Waals surface area (Å²) in [6, 6.07) is 5.63. The predicted octanol–water partition coefficient (Wildman–Crippen LogP) is 2.64. The van der Waals surface area contributed by atoms with Crippen molar-refractivity contribution in [2.45, 2.75) is 6.92 Å². The number of hydrogen-bond donors (Lipinski definition) is 3. The Morgan fingerprint density at radius 1 is 1.48 bits per heavy atom. The van der Waals surface area contributed by atoms with E-state index in [1.54, 1.807) is 13.0 Å². The molecule has 0 bridgehead atoms. The average Bonchev–Trinajstić information content (AvgIpc) is 2.44. The van der Waals surface area contributed by atoms with E-state index in [-0.39, 0.29) is 22.8 Å². The maximum absolute atomic E-state index is 13.7. The smallest absolute Gasteiger partial charge is 0.337 e. The van der Waals surface area contributed by atoms with Gasteiger partial charge < -0.3 is 20.9 Å². The summed E-state index contributed by atoms with van der Waals surface area (Å²) < 4.78 is 18.8. The molecule has 0 amide bonds. The standard InChI is InChI=1S/C14H14FN3O3/c1-2-21-12-4-3-9(6-10(12)15)18-13-11(16)5-8(7-17-13)14(19)20/h3-7H,2,16H2,1H3,(H,17,18)(H,19,20). The molecule has 110 valence electrons. The number of ether oxygens (including phenoxy) is 1. The fraction of sp³-hybridized carbons (Fsp3) is 0.143. The Morgan fingerprint density at radius 3 is 2.81 bits per heavy atom. The number of halogens is 1. The number of nitrogens with two attached hydrogens (primary N) is 1. The number of hydrogen-bond acceptors (Lipinski definition) is 5. The number of nitrogens with zero attached hydrogens (tertiary/aromatic N) is 1. The second-order valence-corrected chi connectivity index (χ2v) is 4.17. The number of pyridine rings is 1. The second-order valence-electron chi connectivity index (χ2n) is 4.17. The van der Waals surface area contributed by atoms with Crippen LogP contribution in [0, 0.1) is 5.82 Å². The number of nitrogen functional groups attached to an aromatic ring is 1. The van der Waals surface area contributed by atoms with Crippen LogP contribution in [0.1, 0.15) is 17.3 Å². The molecule has 0 aliphatic carbocycles. The minimum absolute atomic E-state index is 0.0177. The van der Waals surface area contributed by atoms with Gasteiger partial charge in [0.2, 0.25) is 0 Å². The van der Waals surface area contributed by atoms with Crippen molar-refractivity contribution >= 4 is 23.2 Å². The van der Waals surface area contributed by atoms with Crippen LogP contribution in [0.5, 0.6) is 5.75 Å². The maximum atomic E-state index is 13.7. The Hall–Kier alpha value is -2.83. The lowest BCUT2D eigenvalue weighted by Gasteiger charge is -2.10. The summed E-state index contributed by atoms with van der Waals surface area (Å²) in [5, 5.41) is 11.7. The number of carboxylic acid groups (broad SMARTS) is 1. The highest BCUT2D eigenvalue weighted by Crippen LogP contribution is 2.25. The third kappa shape index (κ3) is 3.38. The Morgan fingerprint density at radius 2 is 2.24 bits per heavy atom. The van der Waals surface area contributed by atoms with Crippen molar-refractivity contribution in [2.75, 3.05) is 17.7 Å². The normalized spacial score (nSPS) is 10.2. The zero-order valence-electron chi connectivity index (χ0n) is 11.3. The quantitative estimate of drug-likeness (QED) is 0.783. The van der Waals surface area contributed by atoms with Crippen molar-refractivity contribution in [3.8, 4) is 5.75 Å². The number of benzene rings is 1. The highest BCUT2D eigenvalue weighted by molar-refractivity contribution is 5.89. The Balaban J connectivity index is 2.22. The molecule has 6 nitrogen and oxygen atoms in total. The van der Waals surface area contributed by atoms with Crippen LogP contribution in [0.2, 0.25) is 0 Å². The van der Waals surface area contributed by atoms with Gasteiger partial charge in [-0.3, -0.25) is 0 Å². The van der Waals surface area contributed by atoms with Crippen molar-refractivity contribution < 1.29 is 19.0 Å². The van der Waals surface area contributed by atoms with Crippen molar-refractivity contribution in [1.82, 2.24) is 4.98 Å². The molecule has 0 aliphatic rings. The molecule has 7 heteroatoms. The SMILES string of the molecule is CCOc1ccc(Nc2ncc(C(=O)O)cc2N)cc1F. The van der Waals surface area contributed by atoms with E-state index in [1.165, 1.54) is 24.4 Å². The maximum Gasteiger partial charge on any atom is 0.337 e. The van der Waals surface area contributed by atoms with Crippen molar-refractivity contribution in [3.05, 3.63) is 41.8 Å². The fourth-order valence-electron chi connectivity index (χ4n) is 1.69. The van der Waals surface area contributed by atoms with Gasteiger partial charge in [0.1, 0.15) is 0 Å². The summed E-state index contributed by atoms with van der Waals surface area (Å²) >= 11 is 0. The third-order valence-electron chi connectivity index (χ3n) is 2.66. The summed E-state index contributed by atoms with van der Waals surface area (Å²) in [4.78, 5) is 14.7. The van der Waals surface area contributed by atoms with Crippen LogP contribution in [0.25, 0.3) is 0 Å². The van der Waals surface area contributed by atoms with Crippen molar-refractivity contribution in [2.24, 2.45) is 0 Å². The van der Waals surface area contributed by atoms with Crippen LogP contribution in [0.4, 0.5) is 21.6 Å². The Kier molecular flexibility index (Phi) is 4.22. The van der Waals surface area contributed by atoms with Crippen LogP contribution >= 0.6 is 0 Å². The predicted molar refractivity (Wildman–Crippen MR) is 76.5 cm³/mol. The van der Waals surface area contributed by atoms with Gasteiger partial charge in [-0.15, -0.1) is 0 Å². The molecule has 4 N–H and O–H groups in total. The lowest BCUT2D eigenvalue weighted by molar-refractivity contribution is 0.0696. The average molecular weight is 291 g/mol. The number of rotatable bonds is 5. The summed E-state index contributed by atoms with van der Waals surface area (Å²) in [5.41, 5.74) is 6.28. The molecule has 0 fully saturated rings. The van der Waals surface area contributed by atoms with Crippen molar-refractivity contribution in [3.63, 3.8) is 0 Å². The molecule has 1 heterocycles. The zero-order valence-corrected chi connectivity index (χ0v) is 11.3. The Bertz CT molecular complexity index is 677. The van der Waals surface area contributed by atoms with E-state index in [0.29, 0.717) is 12.3 Å². The summed E-state index contributed by atoms with van der Waals surface area (Å²) in [6.45, 7) is 2.13. The van der Waals surface area contributed by atoms with Crippen LogP contribution in [-0.4, -0.2) is 22.7 Å². The molecule has 21 heavy (non-hydrogen) atoms. The lowest BCUT2D eigenvalue weighted by Crippen LogP contribution is -2.04. The number of nitrogens with one attached hydrogen (secondary N) is 1. The molecule has 2 rings (SSSR count). The molecular formula is C14H14FN3O3. The number of aromatic carboxylic acids is 1. The van der Waals surface area contributed by atoms with E-state index in [4.69, 9.17) is 15.6 Å². The second kappa shape index (κ2) is 6.08. The highest BCUT2D eigenvalue weighted by atomic mass is 19.1.